The van der Waals surface area contributed by atoms with E-state index in [1.807, 2.05) is 61.2 Å². The molecule has 0 bridgehead atoms. The van der Waals surface area contributed by atoms with Crippen LogP contribution in [0.3, 0.4) is 0 Å². The van der Waals surface area contributed by atoms with Gasteiger partial charge in [-0.15, -0.1) is 0 Å². The SMILES string of the molecule is CCNC(=O)/C=C/C(C)C(OC(=O)C1CCCN1C(=O)c1nc(CC(=O)CC(O)C=C(C)C)oc1[Si-](C)(C)C)C(C)C. The lowest BCUT2D eigenvalue weighted by Crippen LogP contribution is -2.47. The van der Waals surface area contributed by atoms with Crippen molar-refractivity contribution < 1.29 is 33.4 Å². The Morgan fingerprint density at radius 2 is 1.86 bits per heavy atom. The molecule has 0 aliphatic carbocycles. The minimum Gasteiger partial charge on any atom is -0.482 e. The van der Waals surface area contributed by atoms with E-state index in [0.29, 0.717) is 31.3 Å². The van der Waals surface area contributed by atoms with E-state index in [0.717, 1.165) is 5.57 Å². The van der Waals surface area contributed by atoms with Gasteiger partial charge in [0, 0.05) is 25.4 Å². The van der Waals surface area contributed by atoms with Crippen molar-refractivity contribution in [2.24, 2.45) is 11.8 Å². The largest absolute Gasteiger partial charge is 0.482 e. The lowest BCUT2D eigenvalue weighted by atomic mass is 9.94. The number of nitrogens with one attached hydrogen (secondary N) is 1. The molecule has 0 saturated carbocycles. The molecule has 10 nitrogen and oxygen atoms in total. The van der Waals surface area contributed by atoms with Gasteiger partial charge in [0.15, 0.2) is 5.89 Å². The third-order valence-corrected chi connectivity index (χ3v) is 8.68. The summed E-state index contributed by atoms with van der Waals surface area (Å²) in [6, 6.07) is -0.770. The number of Topliss-reactive ketones (excluding diaryl/α,β-unsaturated/α-hetero) is 1. The quantitative estimate of drug-likeness (QED) is 0.142. The molecule has 235 valence electrons. The summed E-state index contributed by atoms with van der Waals surface area (Å²) < 4.78 is 12.0. The molecule has 11 heteroatoms. The van der Waals surface area contributed by atoms with E-state index in [1.165, 1.54) is 11.0 Å². The van der Waals surface area contributed by atoms with Crippen LogP contribution < -0.4 is 10.7 Å². The van der Waals surface area contributed by atoms with Crippen LogP contribution in [-0.2, 0) is 25.5 Å². The van der Waals surface area contributed by atoms with Crippen LogP contribution in [-0.4, -0.2) is 78.0 Å². The number of aliphatic hydroxyl groups is 1. The second-order valence-electron chi connectivity index (χ2n) is 12.7. The van der Waals surface area contributed by atoms with E-state index < -0.39 is 38.2 Å². The Labute approximate surface area is 251 Å². The van der Waals surface area contributed by atoms with E-state index >= 15 is 0 Å². The minimum atomic E-state index is -2.21. The van der Waals surface area contributed by atoms with Gasteiger partial charge in [-0.3, -0.25) is 14.4 Å². The summed E-state index contributed by atoms with van der Waals surface area (Å²) in [5.74, 6) is -1.45. The van der Waals surface area contributed by atoms with Gasteiger partial charge in [0.2, 0.25) is 5.91 Å². The Bertz CT molecular complexity index is 1180. The Kier molecular flexibility index (Phi) is 12.9. The maximum atomic E-state index is 13.8. The van der Waals surface area contributed by atoms with Crippen molar-refractivity contribution in [3.8, 4) is 0 Å². The topological polar surface area (TPSA) is 139 Å². The average molecular weight is 604 g/mol. The van der Waals surface area contributed by atoms with Gasteiger partial charge in [0.25, 0.3) is 5.91 Å². The number of rotatable bonds is 14. The molecule has 2 amide bonds. The predicted molar refractivity (Wildman–Crippen MR) is 164 cm³/mol. The fourth-order valence-corrected chi connectivity index (χ4v) is 6.34. The van der Waals surface area contributed by atoms with Gasteiger partial charge in [0.05, 0.1) is 12.5 Å². The molecule has 0 radical (unpaired) electrons. The van der Waals surface area contributed by atoms with E-state index in [2.05, 4.69) is 10.3 Å². The Morgan fingerprint density at radius 3 is 2.43 bits per heavy atom. The van der Waals surface area contributed by atoms with Gasteiger partial charge < -0.3 is 24.5 Å². The van der Waals surface area contributed by atoms with Crippen molar-refractivity contribution in [1.82, 2.24) is 15.2 Å². The highest BCUT2D eigenvalue weighted by Gasteiger charge is 2.39. The molecule has 1 aliphatic rings. The van der Waals surface area contributed by atoms with Gasteiger partial charge in [-0.25, -0.2) is 9.78 Å². The smallest absolute Gasteiger partial charge is 0.329 e. The van der Waals surface area contributed by atoms with Crippen LogP contribution in [0.25, 0.3) is 0 Å². The van der Waals surface area contributed by atoms with Gasteiger partial charge >= 0.3 is 5.97 Å². The number of amides is 2. The lowest BCUT2D eigenvalue weighted by Gasteiger charge is -2.30. The number of nitrogens with zero attached hydrogens (tertiary/aromatic N) is 2. The van der Waals surface area contributed by atoms with Gasteiger partial charge in [-0.1, -0.05) is 46.6 Å². The fraction of sp³-hybridized carbons (Fsp3) is 0.645. The van der Waals surface area contributed by atoms with Gasteiger partial charge in [-0.05, 0) is 51.0 Å². The van der Waals surface area contributed by atoms with E-state index in [4.69, 9.17) is 9.15 Å². The maximum absolute atomic E-state index is 13.8. The Hall–Kier alpha value is -3.05. The maximum Gasteiger partial charge on any atom is 0.329 e. The van der Waals surface area contributed by atoms with Crippen LogP contribution in [0, 0.1) is 11.8 Å². The zero-order chi connectivity index (χ0) is 31.8. The molecule has 42 heavy (non-hydrogen) atoms. The number of ketones is 1. The summed E-state index contributed by atoms with van der Waals surface area (Å²) in [4.78, 5) is 57.7. The summed E-state index contributed by atoms with van der Waals surface area (Å²) in [6.07, 6.45) is 4.32. The number of ether oxygens (including phenoxy) is 1. The number of aliphatic hydroxyl groups excluding tert-OH is 1. The normalized spacial score (nSPS) is 17.7. The molecule has 1 saturated heterocycles. The van der Waals surface area contributed by atoms with E-state index in [1.54, 1.807) is 12.2 Å². The predicted octanol–water partition coefficient (Wildman–Crippen LogP) is 3.55. The van der Waals surface area contributed by atoms with Crippen LogP contribution in [0.1, 0.15) is 77.2 Å². The van der Waals surface area contributed by atoms with Crippen LogP contribution in [0.4, 0.5) is 0 Å². The molecular weight excluding hydrogens is 554 g/mol. The van der Waals surface area contributed by atoms with Crippen molar-refractivity contribution in [3.63, 3.8) is 0 Å². The molecule has 0 spiro atoms. The molecule has 0 aromatic carbocycles. The molecule has 1 aliphatic heterocycles. The average Bonchev–Trinajstić information content (AvgIpc) is 3.52. The molecule has 4 unspecified atom stereocenters. The van der Waals surface area contributed by atoms with Gasteiger partial charge in [-0.2, -0.15) is 19.6 Å². The number of oxazole rings is 1. The highest BCUT2D eigenvalue weighted by Crippen LogP contribution is 2.25. The van der Waals surface area contributed by atoms with Crippen LogP contribution >= 0.6 is 0 Å². The van der Waals surface area contributed by atoms with Crippen molar-refractivity contribution >= 4 is 37.0 Å². The number of carbonyl (C=O) groups is 4. The lowest BCUT2D eigenvalue weighted by molar-refractivity contribution is -0.158. The summed E-state index contributed by atoms with van der Waals surface area (Å²) in [7, 11) is -2.21. The Morgan fingerprint density at radius 1 is 1.19 bits per heavy atom. The summed E-state index contributed by atoms with van der Waals surface area (Å²) in [5, 5.41) is 13.3. The first-order valence-electron chi connectivity index (χ1n) is 14.9. The van der Waals surface area contributed by atoms with Crippen LogP contribution in [0.5, 0.6) is 0 Å². The number of esters is 1. The Balaban J connectivity index is 2.25. The van der Waals surface area contributed by atoms with Crippen molar-refractivity contribution in [2.45, 2.75) is 105 Å². The summed E-state index contributed by atoms with van der Waals surface area (Å²) >= 11 is 0. The first kappa shape index (κ1) is 35.1. The molecule has 2 N–H and O–H groups in total. The molecular formula is C31H49N3O7Si-. The molecule has 1 fully saturated rings. The summed E-state index contributed by atoms with van der Waals surface area (Å²) in [5.41, 5.74) is 1.05. The second kappa shape index (κ2) is 15.4. The van der Waals surface area contributed by atoms with Crippen molar-refractivity contribution in [2.75, 3.05) is 13.1 Å². The fourth-order valence-electron chi connectivity index (χ4n) is 5.05. The van der Waals surface area contributed by atoms with Gasteiger partial charge in [0.1, 0.15) is 23.6 Å². The molecule has 2 heterocycles. The third kappa shape index (κ3) is 10.0. The number of allylic oxidation sites excluding steroid dienone is 1. The molecule has 2 rings (SSSR count). The highest BCUT2D eigenvalue weighted by atomic mass is 28.3. The molecule has 4 atom stereocenters. The van der Waals surface area contributed by atoms with E-state index in [9.17, 15) is 24.3 Å². The van der Waals surface area contributed by atoms with Crippen LogP contribution in [0.15, 0.2) is 28.2 Å². The first-order valence-corrected chi connectivity index (χ1v) is 18.4. The van der Waals surface area contributed by atoms with Crippen molar-refractivity contribution in [3.05, 3.63) is 35.4 Å². The molecule has 1 aromatic heterocycles. The first-order chi connectivity index (χ1) is 19.5. The number of likely N-dealkylation sites (tertiary alicyclic amines) is 1. The zero-order valence-electron chi connectivity index (χ0n) is 26.7. The van der Waals surface area contributed by atoms with Crippen LogP contribution in [0.2, 0.25) is 19.6 Å². The molecule has 1 aromatic rings. The second-order valence-corrected chi connectivity index (χ2v) is 17.6. The standard InChI is InChI=1S/C31H49N3O7Si/c1-10-32-25(37)14-13-21(6)28(20(4)5)41-30(39)24-12-11-15-34(24)29(38)27-31(42(7,8)9)40-26(33-27)18-23(36)17-22(35)16-19(2)3/h13-14,16,20-22,24,28,35H,10-12,15,17-18H2,1-9H3,(H,32,37)/q-1/b14-13+. The van der Waals surface area contributed by atoms with E-state index in [-0.39, 0.29) is 48.0 Å². The monoisotopic (exact) mass is 603 g/mol. The zero-order valence-corrected chi connectivity index (χ0v) is 27.7. The number of hydrogen-bond donors (Lipinski definition) is 2. The number of hydrogen-bond acceptors (Lipinski definition) is 8. The van der Waals surface area contributed by atoms with Crippen molar-refractivity contribution in [1.29, 1.82) is 0 Å². The summed E-state index contributed by atoms with van der Waals surface area (Å²) in [6.45, 7) is 18.3. The highest BCUT2D eigenvalue weighted by molar-refractivity contribution is 6.88. The minimum absolute atomic E-state index is 0.0160. The number of likely N-dealkylation sites (N-methyl/N-ethyl adjacent to an activating group) is 1. The number of carbonyl (C=O) groups excluding carboxylic acids is 4. The third-order valence-electron chi connectivity index (χ3n) is 6.98. The number of aromatic nitrogens is 1.